The van der Waals surface area contributed by atoms with E-state index in [1.54, 1.807) is 17.5 Å². The fraction of sp³-hybridized carbons (Fsp3) is 0.611. The molecule has 1 atom stereocenters. The number of likely N-dealkylation sites (tertiary alicyclic amines) is 1. The van der Waals surface area contributed by atoms with Crippen molar-refractivity contribution in [3.8, 4) is 0 Å². The number of rotatable bonds is 5. The zero-order chi connectivity index (χ0) is 17.1. The third kappa shape index (κ3) is 3.93. The van der Waals surface area contributed by atoms with E-state index in [4.69, 9.17) is 0 Å². The quantitative estimate of drug-likeness (QED) is 0.886. The number of anilines is 1. The highest BCUT2D eigenvalue weighted by Gasteiger charge is 2.27. The molecule has 2 aliphatic heterocycles. The third-order valence-corrected chi connectivity index (χ3v) is 6.18. The van der Waals surface area contributed by atoms with Crippen LogP contribution in [0.1, 0.15) is 25.7 Å². The second kappa shape index (κ2) is 7.66. The van der Waals surface area contributed by atoms with Crippen LogP contribution in [0.2, 0.25) is 0 Å². The zero-order valence-corrected chi connectivity index (χ0v) is 15.3. The number of thiazole rings is 1. The standard InChI is InChI=1S/C18H25N5OS/c24-16(19-8-12-22-9-1-2-10-22)14-5-4-11-23(13-14)18-21-15-6-3-7-20-17(15)25-18/h3,6-7,14H,1-2,4-5,8-13H2,(H,19,24). The van der Waals surface area contributed by atoms with Gasteiger partial charge in [0, 0.05) is 32.4 Å². The summed E-state index contributed by atoms with van der Waals surface area (Å²) in [7, 11) is 0. The number of carbonyl (C=O) groups excluding carboxylic acids is 1. The molecule has 2 aromatic rings. The minimum Gasteiger partial charge on any atom is -0.355 e. The highest BCUT2D eigenvalue weighted by Crippen LogP contribution is 2.30. The largest absolute Gasteiger partial charge is 0.355 e. The molecular formula is C18H25N5OS. The van der Waals surface area contributed by atoms with Crippen LogP contribution in [0, 0.1) is 5.92 Å². The van der Waals surface area contributed by atoms with Gasteiger partial charge in [0.25, 0.3) is 0 Å². The molecule has 0 spiro atoms. The smallest absolute Gasteiger partial charge is 0.224 e. The van der Waals surface area contributed by atoms with Gasteiger partial charge in [-0.2, -0.15) is 0 Å². The SMILES string of the molecule is O=C(NCCN1CCCC1)C1CCCN(c2nc3cccnc3s2)C1. The highest BCUT2D eigenvalue weighted by molar-refractivity contribution is 7.21. The van der Waals surface area contributed by atoms with E-state index in [2.05, 4.69) is 25.1 Å². The second-order valence-electron chi connectivity index (χ2n) is 6.95. The highest BCUT2D eigenvalue weighted by atomic mass is 32.1. The summed E-state index contributed by atoms with van der Waals surface area (Å²) in [6.07, 6.45) is 6.39. The van der Waals surface area contributed by atoms with Crippen molar-refractivity contribution in [3.63, 3.8) is 0 Å². The average Bonchev–Trinajstić information content (AvgIpc) is 3.31. The van der Waals surface area contributed by atoms with Crippen molar-refractivity contribution in [1.29, 1.82) is 0 Å². The van der Waals surface area contributed by atoms with Gasteiger partial charge in [-0.3, -0.25) is 4.79 Å². The summed E-state index contributed by atoms with van der Waals surface area (Å²) < 4.78 is 0. The number of hydrogen-bond acceptors (Lipinski definition) is 6. The molecular weight excluding hydrogens is 334 g/mol. The number of nitrogens with one attached hydrogen (secondary N) is 1. The summed E-state index contributed by atoms with van der Waals surface area (Å²) in [6, 6.07) is 3.91. The summed E-state index contributed by atoms with van der Waals surface area (Å²) >= 11 is 1.62. The van der Waals surface area contributed by atoms with Crippen LogP contribution in [0.15, 0.2) is 18.3 Å². The van der Waals surface area contributed by atoms with E-state index >= 15 is 0 Å². The number of carbonyl (C=O) groups is 1. The lowest BCUT2D eigenvalue weighted by Gasteiger charge is -2.31. The van der Waals surface area contributed by atoms with Crippen molar-refractivity contribution in [2.45, 2.75) is 25.7 Å². The van der Waals surface area contributed by atoms with Crippen molar-refractivity contribution in [2.24, 2.45) is 5.92 Å². The van der Waals surface area contributed by atoms with Gasteiger partial charge >= 0.3 is 0 Å². The number of fused-ring (bicyclic) bond motifs is 1. The fourth-order valence-corrected chi connectivity index (χ4v) is 4.69. The molecule has 134 valence electrons. The van der Waals surface area contributed by atoms with Crippen LogP contribution in [0.3, 0.4) is 0 Å². The fourth-order valence-electron chi connectivity index (χ4n) is 3.75. The first kappa shape index (κ1) is 16.7. The lowest BCUT2D eigenvalue weighted by atomic mass is 9.97. The lowest BCUT2D eigenvalue weighted by Crippen LogP contribution is -2.44. The van der Waals surface area contributed by atoms with Gasteiger partial charge in [0.15, 0.2) is 5.13 Å². The molecule has 1 amide bonds. The lowest BCUT2D eigenvalue weighted by molar-refractivity contribution is -0.125. The van der Waals surface area contributed by atoms with Crippen LogP contribution in [-0.2, 0) is 4.79 Å². The Morgan fingerprint density at radius 3 is 3.00 bits per heavy atom. The molecule has 0 aromatic carbocycles. The number of aromatic nitrogens is 2. The number of pyridine rings is 1. The van der Waals surface area contributed by atoms with Crippen LogP contribution >= 0.6 is 11.3 Å². The molecule has 1 N–H and O–H groups in total. The Morgan fingerprint density at radius 1 is 1.28 bits per heavy atom. The first-order valence-corrected chi connectivity index (χ1v) is 10.1. The Hall–Kier alpha value is -1.73. The van der Waals surface area contributed by atoms with Gasteiger partial charge in [0.1, 0.15) is 10.3 Å². The third-order valence-electron chi connectivity index (χ3n) is 5.14. The Kier molecular flexibility index (Phi) is 5.12. The molecule has 2 saturated heterocycles. The van der Waals surface area contributed by atoms with Crippen molar-refractivity contribution in [2.75, 3.05) is 44.2 Å². The number of hydrogen-bond donors (Lipinski definition) is 1. The molecule has 2 fully saturated rings. The molecule has 2 aliphatic rings. The van der Waals surface area contributed by atoms with E-state index in [1.165, 1.54) is 25.9 Å². The molecule has 7 heteroatoms. The summed E-state index contributed by atoms with van der Waals surface area (Å²) in [5.74, 6) is 0.260. The van der Waals surface area contributed by atoms with Crippen molar-refractivity contribution in [1.82, 2.24) is 20.2 Å². The van der Waals surface area contributed by atoms with Crippen molar-refractivity contribution >= 4 is 32.7 Å². The Labute approximate surface area is 152 Å². The number of piperidine rings is 1. The molecule has 6 nitrogen and oxygen atoms in total. The molecule has 4 heterocycles. The van der Waals surface area contributed by atoms with Gasteiger partial charge in [-0.1, -0.05) is 11.3 Å². The first-order chi connectivity index (χ1) is 12.3. The topological polar surface area (TPSA) is 61.4 Å². The number of nitrogens with zero attached hydrogens (tertiary/aromatic N) is 4. The summed E-state index contributed by atoms with van der Waals surface area (Å²) in [4.78, 5) is 27.2. The summed E-state index contributed by atoms with van der Waals surface area (Å²) in [6.45, 7) is 5.83. The second-order valence-corrected chi connectivity index (χ2v) is 7.91. The molecule has 4 rings (SSSR count). The molecule has 2 aromatic heterocycles. The van der Waals surface area contributed by atoms with Crippen LogP contribution in [0.5, 0.6) is 0 Å². The van der Waals surface area contributed by atoms with Crippen molar-refractivity contribution in [3.05, 3.63) is 18.3 Å². The van der Waals surface area contributed by atoms with Gasteiger partial charge in [0.05, 0.1) is 5.92 Å². The van der Waals surface area contributed by atoms with Gasteiger partial charge in [-0.15, -0.1) is 0 Å². The maximum absolute atomic E-state index is 12.5. The molecule has 1 unspecified atom stereocenters. The first-order valence-electron chi connectivity index (χ1n) is 9.26. The average molecular weight is 359 g/mol. The van der Waals surface area contributed by atoms with Crippen LogP contribution < -0.4 is 10.2 Å². The van der Waals surface area contributed by atoms with E-state index in [1.807, 2.05) is 12.1 Å². The van der Waals surface area contributed by atoms with Gasteiger partial charge in [0.2, 0.25) is 5.91 Å². The van der Waals surface area contributed by atoms with E-state index in [0.717, 1.165) is 54.5 Å². The van der Waals surface area contributed by atoms with Crippen LogP contribution in [-0.4, -0.2) is 60.0 Å². The van der Waals surface area contributed by atoms with Gasteiger partial charge in [-0.05, 0) is 50.9 Å². The van der Waals surface area contributed by atoms with Gasteiger partial charge in [-0.25, -0.2) is 9.97 Å². The molecule has 25 heavy (non-hydrogen) atoms. The van der Waals surface area contributed by atoms with E-state index in [9.17, 15) is 4.79 Å². The van der Waals surface area contributed by atoms with Crippen LogP contribution in [0.4, 0.5) is 5.13 Å². The summed E-state index contributed by atoms with van der Waals surface area (Å²) in [5.41, 5.74) is 0.944. The normalized spacial score (nSPS) is 21.8. The van der Waals surface area contributed by atoms with E-state index in [0.29, 0.717) is 0 Å². The van der Waals surface area contributed by atoms with Gasteiger partial charge < -0.3 is 15.1 Å². The zero-order valence-electron chi connectivity index (χ0n) is 14.5. The molecule has 0 radical (unpaired) electrons. The molecule has 0 aliphatic carbocycles. The Bertz CT molecular complexity index is 694. The predicted octanol–water partition coefficient (Wildman–Crippen LogP) is 2.12. The minimum atomic E-state index is 0.0623. The molecule has 0 saturated carbocycles. The van der Waals surface area contributed by atoms with Crippen LogP contribution in [0.25, 0.3) is 10.3 Å². The predicted molar refractivity (Wildman–Crippen MR) is 101 cm³/mol. The Morgan fingerprint density at radius 2 is 2.16 bits per heavy atom. The maximum atomic E-state index is 12.5. The maximum Gasteiger partial charge on any atom is 0.224 e. The van der Waals surface area contributed by atoms with E-state index < -0.39 is 0 Å². The van der Waals surface area contributed by atoms with E-state index in [-0.39, 0.29) is 11.8 Å². The minimum absolute atomic E-state index is 0.0623. The monoisotopic (exact) mass is 359 g/mol. The Balaban J connectivity index is 1.32. The summed E-state index contributed by atoms with van der Waals surface area (Å²) in [5, 5.41) is 4.13. The number of amides is 1. The van der Waals surface area contributed by atoms with Crippen molar-refractivity contribution < 1.29 is 4.79 Å². The molecule has 0 bridgehead atoms.